The molecule has 1 atom stereocenters. The highest BCUT2D eigenvalue weighted by Crippen LogP contribution is 2.39. The smallest absolute Gasteiger partial charge is 0.0410 e. The molecule has 102 valence electrons. The van der Waals surface area contributed by atoms with Crippen molar-refractivity contribution >= 4 is 24.0 Å². The van der Waals surface area contributed by atoms with Crippen LogP contribution in [0, 0.1) is 5.41 Å². The second-order valence-corrected chi connectivity index (χ2v) is 7.12. The quantitative estimate of drug-likeness (QED) is 0.772. The maximum Gasteiger partial charge on any atom is 0.0410 e. The van der Waals surface area contributed by atoms with Gasteiger partial charge >= 0.3 is 0 Å². The van der Waals surface area contributed by atoms with E-state index in [2.05, 4.69) is 49.0 Å². The summed E-state index contributed by atoms with van der Waals surface area (Å²) < 4.78 is 0. The first kappa shape index (κ1) is 14.4. The van der Waals surface area contributed by atoms with Crippen molar-refractivity contribution in [2.45, 2.75) is 45.1 Å². The van der Waals surface area contributed by atoms with Gasteiger partial charge in [0, 0.05) is 17.5 Å². The molecule has 1 aromatic rings. The highest BCUT2D eigenvalue weighted by molar-refractivity contribution is 7.80. The van der Waals surface area contributed by atoms with E-state index in [1.807, 2.05) is 11.3 Å². The van der Waals surface area contributed by atoms with Crippen LogP contribution in [0.25, 0.3) is 0 Å². The summed E-state index contributed by atoms with van der Waals surface area (Å²) >= 11 is 6.51. The van der Waals surface area contributed by atoms with Gasteiger partial charge in [-0.2, -0.15) is 12.6 Å². The van der Waals surface area contributed by atoms with E-state index in [1.54, 1.807) is 0 Å². The first-order valence-corrected chi connectivity index (χ1v) is 8.53. The minimum atomic E-state index is 0.460. The highest BCUT2D eigenvalue weighted by Gasteiger charge is 2.33. The lowest BCUT2D eigenvalue weighted by molar-refractivity contribution is 0.121. The van der Waals surface area contributed by atoms with Crippen LogP contribution in [0.1, 0.15) is 49.9 Å². The molecule has 0 saturated heterocycles. The molecule has 0 N–H and O–H groups in total. The van der Waals surface area contributed by atoms with Gasteiger partial charge in [-0.15, -0.1) is 11.3 Å². The number of rotatable bonds is 5. The van der Waals surface area contributed by atoms with E-state index in [9.17, 15) is 0 Å². The Bertz CT molecular complexity index is 341. The molecule has 0 radical (unpaired) electrons. The topological polar surface area (TPSA) is 3.24 Å². The average molecular weight is 284 g/mol. The Labute approximate surface area is 121 Å². The van der Waals surface area contributed by atoms with Gasteiger partial charge in [-0.25, -0.2) is 0 Å². The van der Waals surface area contributed by atoms with E-state index in [1.165, 1.54) is 43.5 Å². The van der Waals surface area contributed by atoms with E-state index in [0.29, 0.717) is 11.5 Å². The molecule has 0 bridgehead atoms. The van der Waals surface area contributed by atoms with E-state index in [-0.39, 0.29) is 0 Å². The molecule has 1 aliphatic rings. The fraction of sp³-hybridized carbons (Fsp3) is 0.733. The van der Waals surface area contributed by atoms with Crippen LogP contribution >= 0.6 is 24.0 Å². The van der Waals surface area contributed by atoms with Gasteiger partial charge in [0.2, 0.25) is 0 Å². The standard InChI is InChI=1S/C15H25NS2/c1-13(14-7-6-10-18-14)16(2)11-15(12-17)8-4-3-5-9-15/h6-7,10,13,17H,3-5,8-9,11-12H2,1-2H3. The van der Waals surface area contributed by atoms with Crippen molar-refractivity contribution in [3.63, 3.8) is 0 Å². The second kappa shape index (κ2) is 6.44. The summed E-state index contributed by atoms with van der Waals surface area (Å²) in [4.78, 5) is 4.00. The Hall–Kier alpha value is 0.01000. The number of hydrogen-bond acceptors (Lipinski definition) is 3. The summed E-state index contributed by atoms with van der Waals surface area (Å²) in [5.41, 5.74) is 0.460. The van der Waals surface area contributed by atoms with Crippen molar-refractivity contribution in [1.29, 1.82) is 0 Å². The van der Waals surface area contributed by atoms with Crippen molar-refractivity contribution in [3.05, 3.63) is 22.4 Å². The Morgan fingerprint density at radius 3 is 2.67 bits per heavy atom. The van der Waals surface area contributed by atoms with Crippen LogP contribution < -0.4 is 0 Å². The average Bonchev–Trinajstić information content (AvgIpc) is 2.92. The third kappa shape index (κ3) is 3.31. The first-order chi connectivity index (χ1) is 8.67. The lowest BCUT2D eigenvalue weighted by Crippen LogP contribution is -2.39. The third-order valence-electron chi connectivity index (χ3n) is 4.45. The van der Waals surface area contributed by atoms with Crippen LogP contribution in [0.15, 0.2) is 17.5 Å². The molecule has 1 nitrogen and oxygen atoms in total. The van der Waals surface area contributed by atoms with Crippen LogP contribution in [0.4, 0.5) is 0 Å². The summed E-state index contributed by atoms with van der Waals surface area (Å²) in [6, 6.07) is 4.93. The molecule has 0 aliphatic heterocycles. The Kier molecular flexibility index (Phi) is 5.16. The van der Waals surface area contributed by atoms with E-state index in [0.717, 1.165) is 5.75 Å². The number of hydrogen-bond donors (Lipinski definition) is 1. The Morgan fingerprint density at radius 1 is 1.39 bits per heavy atom. The Morgan fingerprint density at radius 2 is 2.11 bits per heavy atom. The maximum atomic E-state index is 4.64. The van der Waals surface area contributed by atoms with E-state index in [4.69, 9.17) is 0 Å². The van der Waals surface area contributed by atoms with Crippen LogP contribution in [-0.4, -0.2) is 24.2 Å². The van der Waals surface area contributed by atoms with Gasteiger partial charge < -0.3 is 0 Å². The number of thiol groups is 1. The predicted octanol–water partition coefficient (Wildman–Crippen LogP) is 4.62. The van der Waals surface area contributed by atoms with E-state index >= 15 is 0 Å². The number of nitrogens with zero attached hydrogens (tertiary/aromatic N) is 1. The van der Waals surface area contributed by atoms with Crippen LogP contribution in [0.2, 0.25) is 0 Å². The molecule has 18 heavy (non-hydrogen) atoms. The van der Waals surface area contributed by atoms with Crippen molar-refractivity contribution in [2.75, 3.05) is 19.3 Å². The predicted molar refractivity (Wildman–Crippen MR) is 84.7 cm³/mol. The summed E-state index contributed by atoms with van der Waals surface area (Å²) in [6.07, 6.45) is 6.92. The zero-order valence-electron chi connectivity index (χ0n) is 11.6. The SMILES string of the molecule is CC(c1cccs1)N(C)CC1(CS)CCCCC1. The summed E-state index contributed by atoms with van der Waals surface area (Å²) in [5, 5.41) is 2.18. The zero-order valence-corrected chi connectivity index (χ0v) is 13.3. The number of thiophene rings is 1. The summed E-state index contributed by atoms with van der Waals surface area (Å²) in [5.74, 6) is 1.04. The van der Waals surface area contributed by atoms with Gasteiger partial charge in [0.05, 0.1) is 0 Å². The molecule has 1 fully saturated rings. The molecule has 1 aromatic heterocycles. The fourth-order valence-electron chi connectivity index (χ4n) is 3.08. The second-order valence-electron chi connectivity index (χ2n) is 5.83. The zero-order chi connectivity index (χ0) is 13.0. The highest BCUT2D eigenvalue weighted by atomic mass is 32.1. The largest absolute Gasteiger partial charge is 0.298 e. The van der Waals surface area contributed by atoms with Gasteiger partial charge in [0.25, 0.3) is 0 Å². The van der Waals surface area contributed by atoms with Gasteiger partial charge in [-0.3, -0.25) is 4.90 Å². The lowest BCUT2D eigenvalue weighted by atomic mass is 9.75. The fourth-order valence-corrected chi connectivity index (χ4v) is 4.34. The monoisotopic (exact) mass is 283 g/mol. The molecular weight excluding hydrogens is 258 g/mol. The Balaban J connectivity index is 1.98. The molecule has 1 saturated carbocycles. The van der Waals surface area contributed by atoms with Crippen molar-refractivity contribution in [2.24, 2.45) is 5.41 Å². The third-order valence-corrected chi connectivity index (χ3v) is 6.16. The minimum Gasteiger partial charge on any atom is -0.298 e. The van der Waals surface area contributed by atoms with Crippen molar-refractivity contribution in [3.8, 4) is 0 Å². The molecule has 0 aromatic carbocycles. The lowest BCUT2D eigenvalue weighted by Gasteiger charge is -2.40. The van der Waals surface area contributed by atoms with Gasteiger partial charge in [0.15, 0.2) is 0 Å². The molecule has 0 amide bonds. The van der Waals surface area contributed by atoms with Crippen molar-refractivity contribution in [1.82, 2.24) is 4.90 Å². The van der Waals surface area contributed by atoms with E-state index < -0.39 is 0 Å². The molecule has 1 heterocycles. The molecular formula is C15H25NS2. The molecule has 1 aliphatic carbocycles. The maximum absolute atomic E-state index is 4.64. The molecule has 2 rings (SSSR count). The van der Waals surface area contributed by atoms with Gasteiger partial charge in [-0.1, -0.05) is 25.3 Å². The van der Waals surface area contributed by atoms with Crippen LogP contribution in [0.3, 0.4) is 0 Å². The molecule has 0 spiro atoms. The van der Waals surface area contributed by atoms with Crippen molar-refractivity contribution < 1.29 is 0 Å². The van der Waals surface area contributed by atoms with Crippen LogP contribution in [0.5, 0.6) is 0 Å². The molecule has 3 heteroatoms. The van der Waals surface area contributed by atoms with Gasteiger partial charge in [-0.05, 0) is 49.4 Å². The van der Waals surface area contributed by atoms with Gasteiger partial charge in [0.1, 0.15) is 0 Å². The molecule has 1 unspecified atom stereocenters. The normalized spacial score (nSPS) is 21.1. The summed E-state index contributed by atoms with van der Waals surface area (Å²) in [6.45, 7) is 3.51. The summed E-state index contributed by atoms with van der Waals surface area (Å²) in [7, 11) is 2.27. The first-order valence-electron chi connectivity index (χ1n) is 7.01. The van der Waals surface area contributed by atoms with Crippen LogP contribution in [-0.2, 0) is 0 Å². The minimum absolute atomic E-state index is 0.460.